The summed E-state index contributed by atoms with van der Waals surface area (Å²) in [6, 6.07) is 6.94. The molecule has 0 bridgehead atoms. The Bertz CT molecular complexity index is 666. The molecule has 2 aromatic rings. The number of aromatic nitrogens is 1. The van der Waals surface area contributed by atoms with Gasteiger partial charge in [-0.15, -0.1) is 0 Å². The fourth-order valence-corrected chi connectivity index (χ4v) is 3.77. The van der Waals surface area contributed by atoms with Crippen LogP contribution in [0.3, 0.4) is 0 Å². The standard InChI is InChI=1S/C19H28N2O/c1-19(2,3)18-14(12-13-8-7-11-21(13)4)17-15(20-18)9-6-10-16(17)22-5/h6,9-10,13,20H,7-8,11-12H2,1-5H3/t13-/m1/s1. The number of hydrogen-bond donors (Lipinski definition) is 1. The number of nitrogens with one attached hydrogen (secondary N) is 1. The number of hydrogen-bond acceptors (Lipinski definition) is 2. The quantitative estimate of drug-likeness (QED) is 0.924. The minimum atomic E-state index is 0.108. The lowest BCUT2D eigenvalue weighted by Crippen LogP contribution is -2.28. The maximum absolute atomic E-state index is 5.65. The molecule has 0 amide bonds. The number of aromatic amines is 1. The van der Waals surface area contributed by atoms with Crippen molar-refractivity contribution in [1.29, 1.82) is 0 Å². The molecule has 0 spiro atoms. The highest BCUT2D eigenvalue weighted by Gasteiger charge is 2.28. The van der Waals surface area contributed by atoms with Crippen LogP contribution in [0.4, 0.5) is 0 Å². The van der Waals surface area contributed by atoms with Crippen LogP contribution >= 0.6 is 0 Å². The number of ether oxygens (including phenoxy) is 1. The Hall–Kier alpha value is -1.48. The number of likely N-dealkylation sites (tertiary alicyclic amines) is 1. The highest BCUT2D eigenvalue weighted by Crippen LogP contribution is 2.38. The molecule has 1 aromatic carbocycles. The summed E-state index contributed by atoms with van der Waals surface area (Å²) in [5.41, 5.74) is 4.10. The van der Waals surface area contributed by atoms with E-state index in [2.05, 4.69) is 55.9 Å². The Balaban J connectivity index is 2.15. The largest absolute Gasteiger partial charge is 0.496 e. The predicted octanol–water partition coefficient (Wildman–Crippen LogP) is 4.11. The second kappa shape index (κ2) is 5.62. The number of nitrogens with zero attached hydrogens (tertiary/aromatic N) is 1. The molecule has 3 rings (SSSR count). The number of H-pyrrole nitrogens is 1. The molecule has 1 fully saturated rings. The lowest BCUT2D eigenvalue weighted by Gasteiger charge is -2.24. The van der Waals surface area contributed by atoms with Crippen LogP contribution in [0.15, 0.2) is 18.2 Å². The molecule has 1 aliphatic rings. The van der Waals surface area contributed by atoms with Crippen molar-refractivity contribution in [2.45, 2.75) is 51.5 Å². The van der Waals surface area contributed by atoms with E-state index < -0.39 is 0 Å². The molecule has 1 aromatic heterocycles. The van der Waals surface area contributed by atoms with Gasteiger partial charge in [0.1, 0.15) is 5.75 Å². The lowest BCUT2D eigenvalue weighted by molar-refractivity contribution is 0.308. The van der Waals surface area contributed by atoms with E-state index in [1.54, 1.807) is 7.11 Å². The maximum atomic E-state index is 5.65. The van der Waals surface area contributed by atoms with Gasteiger partial charge in [-0.05, 0) is 50.6 Å². The van der Waals surface area contributed by atoms with E-state index in [-0.39, 0.29) is 5.41 Å². The minimum Gasteiger partial charge on any atom is -0.496 e. The average molecular weight is 300 g/mol. The van der Waals surface area contributed by atoms with Crippen molar-refractivity contribution in [3.8, 4) is 5.75 Å². The SMILES string of the molecule is COc1cccc2[nH]c(C(C)(C)C)c(C[C@H]3CCCN3C)c12. The predicted molar refractivity (Wildman–Crippen MR) is 92.9 cm³/mol. The second-order valence-electron chi connectivity index (χ2n) is 7.59. The van der Waals surface area contributed by atoms with E-state index in [0.29, 0.717) is 6.04 Å². The van der Waals surface area contributed by atoms with Gasteiger partial charge in [0.05, 0.1) is 7.11 Å². The molecule has 2 heterocycles. The fourth-order valence-electron chi connectivity index (χ4n) is 3.77. The summed E-state index contributed by atoms with van der Waals surface area (Å²) >= 11 is 0. The van der Waals surface area contributed by atoms with Crippen molar-refractivity contribution in [1.82, 2.24) is 9.88 Å². The number of rotatable bonds is 3. The van der Waals surface area contributed by atoms with Gasteiger partial charge in [-0.3, -0.25) is 0 Å². The molecular formula is C19H28N2O. The van der Waals surface area contributed by atoms with Crippen LogP contribution in [-0.4, -0.2) is 36.6 Å². The van der Waals surface area contributed by atoms with Gasteiger partial charge in [0.15, 0.2) is 0 Å². The van der Waals surface area contributed by atoms with E-state index >= 15 is 0 Å². The normalized spacial score (nSPS) is 20.0. The summed E-state index contributed by atoms with van der Waals surface area (Å²) in [5.74, 6) is 0.986. The Morgan fingerprint density at radius 3 is 2.68 bits per heavy atom. The van der Waals surface area contributed by atoms with E-state index in [1.807, 2.05) is 0 Å². The third-order valence-corrected chi connectivity index (χ3v) is 4.97. The first kappa shape index (κ1) is 15.4. The van der Waals surface area contributed by atoms with Crippen LogP contribution < -0.4 is 4.74 Å². The molecule has 3 nitrogen and oxygen atoms in total. The molecule has 0 unspecified atom stereocenters. The molecule has 0 radical (unpaired) electrons. The molecule has 3 heteroatoms. The van der Waals surface area contributed by atoms with Crippen molar-refractivity contribution < 1.29 is 4.74 Å². The Morgan fingerprint density at radius 2 is 2.09 bits per heavy atom. The highest BCUT2D eigenvalue weighted by atomic mass is 16.5. The van der Waals surface area contributed by atoms with E-state index in [1.165, 1.54) is 41.5 Å². The summed E-state index contributed by atoms with van der Waals surface area (Å²) in [4.78, 5) is 6.17. The topological polar surface area (TPSA) is 28.3 Å². The molecule has 120 valence electrons. The first-order chi connectivity index (χ1) is 10.4. The van der Waals surface area contributed by atoms with Crippen LogP contribution in [0.25, 0.3) is 10.9 Å². The van der Waals surface area contributed by atoms with Crippen molar-refractivity contribution in [3.63, 3.8) is 0 Å². The first-order valence-corrected chi connectivity index (χ1v) is 8.30. The van der Waals surface area contributed by atoms with Crippen molar-refractivity contribution in [2.75, 3.05) is 20.7 Å². The third kappa shape index (κ3) is 2.63. The Labute approximate surface area is 133 Å². The van der Waals surface area contributed by atoms with Gasteiger partial charge in [-0.25, -0.2) is 0 Å². The van der Waals surface area contributed by atoms with Crippen LogP contribution in [0.5, 0.6) is 5.75 Å². The van der Waals surface area contributed by atoms with E-state index in [4.69, 9.17) is 4.74 Å². The van der Waals surface area contributed by atoms with Gasteiger partial charge in [0.2, 0.25) is 0 Å². The number of methoxy groups -OCH3 is 1. The molecule has 0 saturated carbocycles. The Morgan fingerprint density at radius 1 is 1.32 bits per heavy atom. The molecule has 1 saturated heterocycles. The molecular weight excluding hydrogens is 272 g/mol. The van der Waals surface area contributed by atoms with Crippen LogP contribution in [0, 0.1) is 0 Å². The van der Waals surface area contributed by atoms with E-state index in [9.17, 15) is 0 Å². The van der Waals surface area contributed by atoms with Gasteiger partial charge in [0.25, 0.3) is 0 Å². The Kier molecular flexibility index (Phi) is 3.94. The summed E-state index contributed by atoms with van der Waals surface area (Å²) in [5, 5.41) is 1.27. The third-order valence-electron chi connectivity index (χ3n) is 4.97. The molecule has 0 aliphatic carbocycles. The summed E-state index contributed by atoms with van der Waals surface area (Å²) in [6.45, 7) is 8.07. The van der Waals surface area contributed by atoms with Gasteiger partial charge in [-0.1, -0.05) is 26.8 Å². The maximum Gasteiger partial charge on any atom is 0.128 e. The zero-order valence-corrected chi connectivity index (χ0v) is 14.5. The van der Waals surface area contributed by atoms with Crippen molar-refractivity contribution >= 4 is 10.9 Å². The minimum absolute atomic E-state index is 0.108. The van der Waals surface area contributed by atoms with Gasteiger partial charge in [0, 0.05) is 28.1 Å². The van der Waals surface area contributed by atoms with Crippen molar-refractivity contribution in [2.24, 2.45) is 0 Å². The monoisotopic (exact) mass is 300 g/mol. The van der Waals surface area contributed by atoms with Crippen molar-refractivity contribution in [3.05, 3.63) is 29.5 Å². The molecule has 1 atom stereocenters. The molecule has 1 aliphatic heterocycles. The second-order valence-corrected chi connectivity index (χ2v) is 7.59. The summed E-state index contributed by atoms with van der Waals surface area (Å²) in [6.07, 6.45) is 3.71. The highest BCUT2D eigenvalue weighted by molar-refractivity contribution is 5.91. The smallest absolute Gasteiger partial charge is 0.128 e. The zero-order valence-electron chi connectivity index (χ0n) is 14.5. The van der Waals surface area contributed by atoms with Crippen LogP contribution in [0.1, 0.15) is 44.9 Å². The number of likely N-dealkylation sites (N-methyl/N-ethyl adjacent to an activating group) is 1. The van der Waals surface area contributed by atoms with E-state index in [0.717, 1.165) is 12.2 Å². The summed E-state index contributed by atoms with van der Waals surface area (Å²) < 4.78 is 5.65. The number of fused-ring (bicyclic) bond motifs is 1. The summed E-state index contributed by atoms with van der Waals surface area (Å²) in [7, 11) is 4.02. The van der Waals surface area contributed by atoms with Gasteiger partial charge >= 0.3 is 0 Å². The van der Waals surface area contributed by atoms with Crippen LogP contribution in [-0.2, 0) is 11.8 Å². The molecule has 1 N–H and O–H groups in total. The molecule has 22 heavy (non-hydrogen) atoms. The average Bonchev–Trinajstić information content (AvgIpc) is 3.03. The number of benzene rings is 1. The first-order valence-electron chi connectivity index (χ1n) is 8.30. The van der Waals surface area contributed by atoms with Gasteiger partial charge < -0.3 is 14.6 Å². The zero-order chi connectivity index (χ0) is 15.9. The van der Waals surface area contributed by atoms with Gasteiger partial charge in [-0.2, -0.15) is 0 Å². The fraction of sp³-hybridized carbons (Fsp3) is 0.579. The lowest BCUT2D eigenvalue weighted by atomic mass is 9.86. The van der Waals surface area contributed by atoms with Crippen LogP contribution in [0.2, 0.25) is 0 Å².